The van der Waals surface area contributed by atoms with Crippen molar-refractivity contribution in [2.45, 2.75) is 26.8 Å². The number of ether oxygens (including phenoxy) is 1. The number of fused-ring (bicyclic) bond motifs is 1. The number of aryl methyl sites for hydroxylation is 1. The maximum Gasteiger partial charge on any atom is 0.350 e. The van der Waals surface area contributed by atoms with Gasteiger partial charge in [0.25, 0.3) is 5.56 Å². The smallest absolute Gasteiger partial charge is 0.350 e. The third kappa shape index (κ3) is 3.72. The quantitative estimate of drug-likeness (QED) is 0.676. The summed E-state index contributed by atoms with van der Waals surface area (Å²) < 4.78 is 6.23. The van der Waals surface area contributed by atoms with E-state index in [1.807, 2.05) is 0 Å². The van der Waals surface area contributed by atoms with Gasteiger partial charge in [-0.3, -0.25) is 14.2 Å². The average Bonchev–Trinajstić information content (AvgIpc) is 3.02. The molecule has 0 saturated carbocycles. The van der Waals surface area contributed by atoms with Crippen molar-refractivity contribution in [3.05, 3.63) is 51.5 Å². The van der Waals surface area contributed by atoms with Gasteiger partial charge in [0.2, 0.25) is 5.91 Å². The summed E-state index contributed by atoms with van der Waals surface area (Å²) >= 11 is 1.03. The van der Waals surface area contributed by atoms with Crippen LogP contribution in [0.25, 0.3) is 10.9 Å². The number of nitrogens with zero attached hydrogens (tertiary/aromatic N) is 3. The van der Waals surface area contributed by atoms with Crippen molar-refractivity contribution in [1.82, 2.24) is 14.5 Å². The molecule has 0 radical (unpaired) electrons. The van der Waals surface area contributed by atoms with Crippen LogP contribution in [-0.4, -0.2) is 33.0 Å². The zero-order valence-corrected chi connectivity index (χ0v) is 15.9. The molecule has 2 heterocycles. The lowest BCUT2D eigenvalue weighted by atomic mass is 10.2. The van der Waals surface area contributed by atoms with Gasteiger partial charge in [0.15, 0.2) is 5.13 Å². The molecule has 2 aromatic heterocycles. The molecule has 0 aliphatic carbocycles. The summed E-state index contributed by atoms with van der Waals surface area (Å²) in [4.78, 5) is 45.8. The summed E-state index contributed by atoms with van der Waals surface area (Å²) in [5.74, 6) is -0.908. The summed E-state index contributed by atoms with van der Waals surface area (Å²) in [7, 11) is 0. The number of para-hydroxylation sites is 1. The number of carbonyl (C=O) groups is 2. The van der Waals surface area contributed by atoms with Crippen LogP contribution in [0.3, 0.4) is 0 Å². The molecule has 0 aliphatic rings. The van der Waals surface area contributed by atoms with E-state index in [-0.39, 0.29) is 17.3 Å². The maximum absolute atomic E-state index is 12.6. The van der Waals surface area contributed by atoms with Crippen molar-refractivity contribution >= 4 is 39.2 Å². The van der Waals surface area contributed by atoms with Crippen molar-refractivity contribution in [3.63, 3.8) is 0 Å². The topological polar surface area (TPSA) is 103 Å². The predicted molar refractivity (Wildman–Crippen MR) is 102 cm³/mol. The SMILES string of the molecule is CCOC(=O)c1sc(NC(=O)[C@H](C)n2cnc3ccccc3c2=O)nc1C. The van der Waals surface area contributed by atoms with Crippen LogP contribution in [0.4, 0.5) is 5.13 Å². The van der Waals surface area contributed by atoms with E-state index < -0.39 is 17.9 Å². The van der Waals surface area contributed by atoms with Crippen LogP contribution >= 0.6 is 11.3 Å². The summed E-state index contributed by atoms with van der Waals surface area (Å²) in [6.07, 6.45) is 1.35. The zero-order chi connectivity index (χ0) is 19.6. The number of hydrogen-bond donors (Lipinski definition) is 1. The first-order valence-corrected chi connectivity index (χ1v) is 9.15. The van der Waals surface area contributed by atoms with Crippen LogP contribution in [-0.2, 0) is 9.53 Å². The van der Waals surface area contributed by atoms with Crippen molar-refractivity contribution in [2.75, 3.05) is 11.9 Å². The minimum absolute atomic E-state index is 0.257. The molecular weight excluding hydrogens is 368 g/mol. The highest BCUT2D eigenvalue weighted by Gasteiger charge is 2.21. The summed E-state index contributed by atoms with van der Waals surface area (Å²) in [6, 6.07) is 6.14. The number of benzene rings is 1. The predicted octanol–water partition coefficient (Wildman–Crippen LogP) is 2.54. The van der Waals surface area contributed by atoms with Gasteiger partial charge >= 0.3 is 5.97 Å². The molecule has 0 bridgehead atoms. The van der Waals surface area contributed by atoms with Crippen LogP contribution in [0, 0.1) is 6.92 Å². The second-order valence-corrected chi connectivity index (χ2v) is 6.79. The number of nitrogens with one attached hydrogen (secondary N) is 1. The van der Waals surface area contributed by atoms with E-state index in [0.29, 0.717) is 21.5 Å². The Morgan fingerprint density at radius 1 is 1.33 bits per heavy atom. The Hall–Kier alpha value is -3.07. The largest absolute Gasteiger partial charge is 0.462 e. The normalized spacial score (nSPS) is 12.0. The monoisotopic (exact) mass is 386 g/mol. The number of carbonyl (C=O) groups excluding carboxylic acids is 2. The van der Waals surface area contributed by atoms with Crippen LogP contribution < -0.4 is 10.9 Å². The molecule has 9 heteroatoms. The Bertz CT molecular complexity index is 1070. The van der Waals surface area contributed by atoms with Crippen LogP contribution in [0.5, 0.6) is 0 Å². The minimum atomic E-state index is -0.801. The van der Waals surface area contributed by atoms with E-state index in [9.17, 15) is 14.4 Å². The van der Waals surface area contributed by atoms with E-state index in [1.54, 1.807) is 45.0 Å². The van der Waals surface area contributed by atoms with Gasteiger partial charge < -0.3 is 10.1 Å². The fraction of sp³-hybridized carbons (Fsp3) is 0.278. The molecule has 1 amide bonds. The second-order valence-electron chi connectivity index (χ2n) is 5.79. The van der Waals surface area contributed by atoms with Crippen molar-refractivity contribution in [3.8, 4) is 0 Å². The van der Waals surface area contributed by atoms with Crippen LogP contribution in [0.15, 0.2) is 35.4 Å². The molecule has 1 atom stereocenters. The van der Waals surface area contributed by atoms with E-state index in [0.717, 1.165) is 11.3 Å². The number of amides is 1. The highest BCUT2D eigenvalue weighted by Crippen LogP contribution is 2.24. The molecule has 0 aliphatic heterocycles. The molecule has 27 heavy (non-hydrogen) atoms. The number of rotatable bonds is 5. The van der Waals surface area contributed by atoms with Gasteiger partial charge in [-0.1, -0.05) is 23.5 Å². The first-order valence-electron chi connectivity index (χ1n) is 8.33. The molecule has 0 fully saturated rings. The Kier molecular flexibility index (Phi) is 5.31. The van der Waals surface area contributed by atoms with Crippen LogP contribution in [0.1, 0.15) is 35.3 Å². The molecule has 0 saturated heterocycles. The first-order chi connectivity index (χ1) is 12.9. The lowest BCUT2D eigenvalue weighted by molar-refractivity contribution is -0.118. The van der Waals surface area contributed by atoms with E-state index in [2.05, 4.69) is 15.3 Å². The minimum Gasteiger partial charge on any atom is -0.462 e. The third-order valence-corrected chi connectivity index (χ3v) is 5.03. The first kappa shape index (κ1) is 18.7. The van der Waals surface area contributed by atoms with Crippen LogP contribution in [0.2, 0.25) is 0 Å². The molecule has 8 nitrogen and oxygen atoms in total. The Morgan fingerprint density at radius 2 is 2.07 bits per heavy atom. The molecule has 0 unspecified atom stereocenters. The molecule has 3 aromatic rings. The van der Waals surface area contributed by atoms with Gasteiger partial charge in [0, 0.05) is 0 Å². The fourth-order valence-electron chi connectivity index (χ4n) is 2.53. The van der Waals surface area contributed by atoms with Gasteiger partial charge in [0.1, 0.15) is 10.9 Å². The van der Waals surface area contributed by atoms with Crippen molar-refractivity contribution < 1.29 is 14.3 Å². The number of esters is 1. The van der Waals surface area contributed by atoms with E-state index in [1.165, 1.54) is 10.9 Å². The van der Waals surface area contributed by atoms with E-state index >= 15 is 0 Å². The van der Waals surface area contributed by atoms with Crippen molar-refractivity contribution in [2.24, 2.45) is 0 Å². The average molecular weight is 386 g/mol. The number of hydrogen-bond acceptors (Lipinski definition) is 7. The molecule has 1 aromatic carbocycles. The Morgan fingerprint density at radius 3 is 2.81 bits per heavy atom. The molecule has 1 N–H and O–H groups in total. The second kappa shape index (κ2) is 7.67. The summed E-state index contributed by atoms with van der Waals surface area (Å²) in [5.41, 5.74) is 0.748. The van der Waals surface area contributed by atoms with Gasteiger partial charge in [-0.15, -0.1) is 0 Å². The van der Waals surface area contributed by atoms with Gasteiger partial charge in [-0.2, -0.15) is 0 Å². The Balaban J connectivity index is 1.83. The number of thiazole rings is 1. The summed E-state index contributed by atoms with van der Waals surface area (Å²) in [6.45, 7) is 5.24. The summed E-state index contributed by atoms with van der Waals surface area (Å²) in [5, 5.41) is 3.36. The van der Waals surface area contributed by atoms with Gasteiger partial charge in [-0.05, 0) is 32.9 Å². The standard InChI is InChI=1S/C18H18N4O4S/c1-4-26-17(25)14-10(2)20-18(27-14)21-15(23)11(3)22-9-19-13-8-6-5-7-12(13)16(22)24/h5-9,11H,4H2,1-3H3,(H,20,21,23)/t11-/m0/s1. The van der Waals surface area contributed by atoms with E-state index in [4.69, 9.17) is 4.74 Å². The molecule has 140 valence electrons. The van der Waals surface area contributed by atoms with Gasteiger partial charge in [-0.25, -0.2) is 14.8 Å². The fourth-order valence-corrected chi connectivity index (χ4v) is 3.39. The van der Waals surface area contributed by atoms with Crippen molar-refractivity contribution in [1.29, 1.82) is 0 Å². The lowest BCUT2D eigenvalue weighted by Gasteiger charge is -2.14. The zero-order valence-electron chi connectivity index (χ0n) is 15.1. The molecular formula is C18H18N4O4S. The lowest BCUT2D eigenvalue weighted by Crippen LogP contribution is -2.31. The Labute approximate surface area is 158 Å². The highest BCUT2D eigenvalue weighted by molar-refractivity contribution is 7.17. The highest BCUT2D eigenvalue weighted by atomic mass is 32.1. The van der Waals surface area contributed by atoms with Gasteiger partial charge in [0.05, 0.1) is 29.5 Å². The third-order valence-electron chi connectivity index (χ3n) is 3.97. The number of anilines is 1. The molecule has 3 rings (SSSR count). The molecule has 0 spiro atoms. The maximum atomic E-state index is 12.6. The number of aromatic nitrogens is 3.